The van der Waals surface area contributed by atoms with Crippen LogP contribution in [0.3, 0.4) is 0 Å². The molecule has 0 aliphatic heterocycles. The van der Waals surface area contributed by atoms with E-state index < -0.39 is 11.9 Å². The number of halogens is 1. The molecule has 4 aromatic rings. The molecule has 9 heteroatoms. The lowest BCUT2D eigenvalue weighted by molar-refractivity contribution is 0.0937. The highest BCUT2D eigenvalue weighted by molar-refractivity contribution is 6.31. The first-order chi connectivity index (χ1) is 16.5. The van der Waals surface area contributed by atoms with Crippen molar-refractivity contribution in [2.45, 2.75) is 6.04 Å². The molecular formula is C25H22ClN3O5. The summed E-state index contributed by atoms with van der Waals surface area (Å²) in [4.78, 5) is 13.3. The van der Waals surface area contributed by atoms with Crippen LogP contribution in [0.5, 0.6) is 17.2 Å². The second kappa shape index (κ2) is 10.3. The molecule has 0 saturated heterocycles. The van der Waals surface area contributed by atoms with E-state index in [2.05, 4.69) is 15.5 Å². The fraction of sp³-hybridized carbons (Fsp3) is 0.160. The van der Waals surface area contributed by atoms with Gasteiger partial charge in [0.25, 0.3) is 5.91 Å². The van der Waals surface area contributed by atoms with E-state index in [1.54, 1.807) is 30.3 Å². The minimum Gasteiger partial charge on any atom is -0.493 e. The van der Waals surface area contributed by atoms with Gasteiger partial charge in [0.05, 0.1) is 21.3 Å². The number of nitrogens with zero attached hydrogens (tertiary/aromatic N) is 2. The Kier molecular flexibility index (Phi) is 6.98. The van der Waals surface area contributed by atoms with Gasteiger partial charge < -0.3 is 23.9 Å². The maximum absolute atomic E-state index is 13.3. The number of nitrogens with one attached hydrogen (secondary N) is 1. The molecule has 0 aliphatic rings. The number of aromatic nitrogens is 2. The average Bonchev–Trinajstić information content (AvgIpc) is 3.37. The van der Waals surface area contributed by atoms with Gasteiger partial charge >= 0.3 is 0 Å². The zero-order valence-corrected chi connectivity index (χ0v) is 19.5. The molecule has 1 aromatic heterocycles. The number of hydrogen-bond acceptors (Lipinski definition) is 7. The largest absolute Gasteiger partial charge is 0.493 e. The Morgan fingerprint density at radius 1 is 0.912 bits per heavy atom. The second-order valence-corrected chi connectivity index (χ2v) is 7.56. The number of carbonyl (C=O) groups excluding carboxylic acids is 1. The van der Waals surface area contributed by atoms with E-state index in [1.165, 1.54) is 21.3 Å². The molecule has 3 aromatic carbocycles. The van der Waals surface area contributed by atoms with Crippen LogP contribution in [-0.4, -0.2) is 37.4 Å². The zero-order valence-electron chi connectivity index (χ0n) is 18.7. The summed E-state index contributed by atoms with van der Waals surface area (Å²) in [5, 5.41) is 11.7. The van der Waals surface area contributed by atoms with Crippen LogP contribution in [0.1, 0.15) is 27.9 Å². The first kappa shape index (κ1) is 23.1. The molecule has 0 fully saturated rings. The van der Waals surface area contributed by atoms with Crippen molar-refractivity contribution in [3.05, 3.63) is 88.8 Å². The summed E-state index contributed by atoms with van der Waals surface area (Å²) >= 11 is 6.46. The van der Waals surface area contributed by atoms with Crippen molar-refractivity contribution in [2.24, 2.45) is 0 Å². The second-order valence-electron chi connectivity index (χ2n) is 7.15. The van der Waals surface area contributed by atoms with Gasteiger partial charge in [-0.25, -0.2) is 0 Å². The lowest BCUT2D eigenvalue weighted by Gasteiger charge is -2.18. The number of benzene rings is 3. The Balaban J connectivity index is 1.73. The fourth-order valence-corrected chi connectivity index (χ4v) is 3.70. The Morgan fingerprint density at radius 3 is 2.18 bits per heavy atom. The summed E-state index contributed by atoms with van der Waals surface area (Å²) < 4.78 is 22.0. The molecule has 8 nitrogen and oxygen atoms in total. The molecule has 34 heavy (non-hydrogen) atoms. The topological polar surface area (TPSA) is 95.7 Å². The summed E-state index contributed by atoms with van der Waals surface area (Å²) in [7, 11) is 4.46. The van der Waals surface area contributed by atoms with Crippen molar-refractivity contribution in [3.8, 4) is 28.7 Å². The molecule has 0 bridgehead atoms. The molecule has 4 rings (SSSR count). The minimum atomic E-state index is -0.801. The highest BCUT2D eigenvalue weighted by Gasteiger charge is 2.27. The third-order valence-electron chi connectivity index (χ3n) is 5.13. The molecule has 174 valence electrons. The van der Waals surface area contributed by atoms with E-state index in [0.29, 0.717) is 33.7 Å². The number of methoxy groups -OCH3 is 3. The van der Waals surface area contributed by atoms with E-state index in [4.69, 9.17) is 30.2 Å². The first-order valence-corrected chi connectivity index (χ1v) is 10.7. The normalized spacial score (nSPS) is 11.5. The molecule has 0 spiro atoms. The summed E-state index contributed by atoms with van der Waals surface area (Å²) in [6.07, 6.45) is 0. The molecular weight excluding hydrogens is 458 g/mol. The Labute approximate surface area is 201 Å². The van der Waals surface area contributed by atoms with Crippen LogP contribution in [0.4, 0.5) is 0 Å². The molecule has 1 heterocycles. The summed E-state index contributed by atoms with van der Waals surface area (Å²) in [5.41, 5.74) is 1.65. The van der Waals surface area contributed by atoms with Gasteiger partial charge in [-0.2, -0.15) is 0 Å². The van der Waals surface area contributed by atoms with Gasteiger partial charge in [-0.1, -0.05) is 48.0 Å². The van der Waals surface area contributed by atoms with Crippen LogP contribution >= 0.6 is 11.6 Å². The standard InChI is InChI=1S/C25H22ClN3O5/c1-31-19-13-16(14-20(32-2)22(19)33-3)23(30)27-21(17-11-7-8-12-18(17)26)25-29-28-24(34-25)15-9-5-4-6-10-15/h4-14,21H,1-3H3,(H,27,30)/t21-/m1/s1. The summed E-state index contributed by atoms with van der Waals surface area (Å²) in [6, 6.07) is 18.8. The molecule has 0 radical (unpaired) electrons. The highest BCUT2D eigenvalue weighted by Crippen LogP contribution is 2.38. The van der Waals surface area contributed by atoms with E-state index in [1.807, 2.05) is 36.4 Å². The monoisotopic (exact) mass is 479 g/mol. The van der Waals surface area contributed by atoms with E-state index in [9.17, 15) is 4.79 Å². The number of hydrogen-bond donors (Lipinski definition) is 1. The number of ether oxygens (including phenoxy) is 3. The fourth-order valence-electron chi connectivity index (χ4n) is 3.46. The van der Waals surface area contributed by atoms with Crippen LogP contribution in [0.2, 0.25) is 5.02 Å². The van der Waals surface area contributed by atoms with Gasteiger partial charge in [0.2, 0.25) is 17.5 Å². The highest BCUT2D eigenvalue weighted by atomic mass is 35.5. The molecule has 0 unspecified atom stereocenters. The third kappa shape index (κ3) is 4.67. The number of carbonyl (C=O) groups is 1. The minimum absolute atomic E-state index is 0.188. The van der Waals surface area contributed by atoms with Gasteiger partial charge in [-0.05, 0) is 30.3 Å². The SMILES string of the molecule is COc1cc(C(=O)N[C@@H](c2nnc(-c3ccccc3)o2)c2ccccc2Cl)cc(OC)c1OC. The molecule has 1 amide bonds. The van der Waals surface area contributed by atoms with Crippen LogP contribution < -0.4 is 19.5 Å². The van der Waals surface area contributed by atoms with Crippen molar-refractivity contribution in [3.63, 3.8) is 0 Å². The molecule has 0 aliphatic carbocycles. The maximum Gasteiger partial charge on any atom is 0.252 e. The Morgan fingerprint density at radius 2 is 1.56 bits per heavy atom. The smallest absolute Gasteiger partial charge is 0.252 e. The van der Waals surface area contributed by atoms with Gasteiger partial charge in [0.1, 0.15) is 6.04 Å². The molecule has 0 saturated carbocycles. The van der Waals surface area contributed by atoms with Crippen molar-refractivity contribution in [2.75, 3.05) is 21.3 Å². The van der Waals surface area contributed by atoms with E-state index >= 15 is 0 Å². The van der Waals surface area contributed by atoms with Crippen molar-refractivity contribution >= 4 is 17.5 Å². The summed E-state index contributed by atoms with van der Waals surface area (Å²) in [5.74, 6) is 1.18. The lowest BCUT2D eigenvalue weighted by atomic mass is 10.1. The predicted octanol–water partition coefficient (Wildman–Crippen LogP) is 4.94. The third-order valence-corrected chi connectivity index (χ3v) is 5.47. The van der Waals surface area contributed by atoms with Gasteiger partial charge in [-0.3, -0.25) is 4.79 Å². The predicted molar refractivity (Wildman–Crippen MR) is 127 cm³/mol. The molecule has 1 atom stereocenters. The number of amides is 1. The van der Waals surface area contributed by atoms with E-state index in [0.717, 1.165) is 5.56 Å². The molecule has 1 N–H and O–H groups in total. The maximum atomic E-state index is 13.3. The Bertz CT molecular complexity index is 1270. The quantitative estimate of drug-likeness (QED) is 0.382. The van der Waals surface area contributed by atoms with Crippen LogP contribution in [0, 0.1) is 0 Å². The van der Waals surface area contributed by atoms with Gasteiger partial charge in [-0.15, -0.1) is 10.2 Å². The van der Waals surface area contributed by atoms with Crippen molar-refractivity contribution < 1.29 is 23.4 Å². The van der Waals surface area contributed by atoms with Crippen molar-refractivity contribution in [1.82, 2.24) is 15.5 Å². The van der Waals surface area contributed by atoms with Crippen molar-refractivity contribution in [1.29, 1.82) is 0 Å². The van der Waals surface area contributed by atoms with E-state index in [-0.39, 0.29) is 11.5 Å². The average molecular weight is 480 g/mol. The lowest BCUT2D eigenvalue weighted by Crippen LogP contribution is -2.30. The zero-order chi connectivity index (χ0) is 24.1. The van der Waals surface area contributed by atoms with Gasteiger partial charge in [0, 0.05) is 21.7 Å². The van der Waals surface area contributed by atoms with Gasteiger partial charge in [0.15, 0.2) is 11.5 Å². The van der Waals surface area contributed by atoms with Crippen LogP contribution in [0.15, 0.2) is 71.1 Å². The number of rotatable bonds is 8. The van der Waals surface area contributed by atoms with Crippen LogP contribution in [0.25, 0.3) is 11.5 Å². The summed E-state index contributed by atoms with van der Waals surface area (Å²) in [6.45, 7) is 0. The first-order valence-electron chi connectivity index (χ1n) is 10.3. The van der Waals surface area contributed by atoms with Crippen LogP contribution in [-0.2, 0) is 0 Å². The Hall–Kier alpha value is -4.04.